The van der Waals surface area contributed by atoms with Crippen molar-refractivity contribution in [3.63, 3.8) is 0 Å². The first-order valence-electron chi connectivity index (χ1n) is 7.32. The standard InChI is InChI=1S/C15H25BrO3Si/c1-3-12-17-20(18-13-4-2,19-14-8-11-16)15-9-6-5-7-10-15/h5-7,9-10H,3-4,8,11-14H2,1-2H3. The van der Waals surface area contributed by atoms with Crippen molar-refractivity contribution in [1.82, 2.24) is 0 Å². The van der Waals surface area contributed by atoms with Gasteiger partial charge in [0.15, 0.2) is 0 Å². The highest BCUT2D eigenvalue weighted by molar-refractivity contribution is 9.09. The zero-order valence-electron chi connectivity index (χ0n) is 12.4. The third-order valence-electron chi connectivity index (χ3n) is 2.69. The first kappa shape index (κ1) is 17.8. The predicted octanol–water partition coefficient (Wildman–Crippen LogP) is 3.49. The second-order valence-electron chi connectivity index (χ2n) is 4.51. The molecule has 0 aliphatic carbocycles. The molecule has 0 fully saturated rings. The maximum atomic E-state index is 6.12. The number of hydrogen-bond donors (Lipinski definition) is 0. The number of hydrogen-bond acceptors (Lipinski definition) is 3. The van der Waals surface area contributed by atoms with Gasteiger partial charge in [-0.1, -0.05) is 60.1 Å². The first-order chi connectivity index (χ1) is 9.79. The molecule has 0 heterocycles. The number of rotatable bonds is 11. The van der Waals surface area contributed by atoms with Crippen molar-refractivity contribution in [3.05, 3.63) is 30.3 Å². The average Bonchev–Trinajstić information content (AvgIpc) is 2.51. The Hall–Kier alpha value is -0.203. The fraction of sp³-hybridized carbons (Fsp3) is 0.600. The lowest BCUT2D eigenvalue weighted by Gasteiger charge is -2.29. The molecule has 0 bridgehead atoms. The summed E-state index contributed by atoms with van der Waals surface area (Å²) >= 11 is 3.43. The van der Waals surface area contributed by atoms with Gasteiger partial charge in [0.05, 0.1) is 0 Å². The number of benzene rings is 1. The van der Waals surface area contributed by atoms with Crippen LogP contribution < -0.4 is 5.19 Å². The summed E-state index contributed by atoms with van der Waals surface area (Å²) in [6.07, 6.45) is 2.87. The molecule has 20 heavy (non-hydrogen) atoms. The maximum absolute atomic E-state index is 6.12. The molecule has 1 aromatic carbocycles. The summed E-state index contributed by atoms with van der Waals surface area (Å²) in [6, 6.07) is 10.1. The van der Waals surface area contributed by atoms with E-state index in [2.05, 4.69) is 29.8 Å². The van der Waals surface area contributed by atoms with Crippen LogP contribution in [-0.4, -0.2) is 34.0 Å². The van der Waals surface area contributed by atoms with E-state index >= 15 is 0 Å². The molecule has 0 aliphatic rings. The molecular weight excluding hydrogens is 336 g/mol. The van der Waals surface area contributed by atoms with Gasteiger partial charge in [0.25, 0.3) is 0 Å². The molecule has 0 aliphatic heterocycles. The van der Waals surface area contributed by atoms with Crippen LogP contribution in [0.5, 0.6) is 0 Å². The van der Waals surface area contributed by atoms with E-state index in [0.717, 1.165) is 29.8 Å². The van der Waals surface area contributed by atoms with E-state index in [-0.39, 0.29) is 0 Å². The van der Waals surface area contributed by atoms with E-state index in [1.807, 2.05) is 30.3 Å². The quantitative estimate of drug-likeness (QED) is 0.343. The Morgan fingerprint density at radius 3 is 1.95 bits per heavy atom. The molecule has 0 aromatic heterocycles. The zero-order chi connectivity index (χ0) is 14.7. The van der Waals surface area contributed by atoms with E-state index in [9.17, 15) is 0 Å². The van der Waals surface area contributed by atoms with Crippen LogP contribution in [0.2, 0.25) is 0 Å². The van der Waals surface area contributed by atoms with Crippen LogP contribution in [0.3, 0.4) is 0 Å². The van der Waals surface area contributed by atoms with Gasteiger partial charge in [-0.05, 0) is 19.3 Å². The highest BCUT2D eigenvalue weighted by Crippen LogP contribution is 2.13. The molecule has 0 unspecified atom stereocenters. The minimum absolute atomic E-state index is 0.653. The van der Waals surface area contributed by atoms with E-state index in [4.69, 9.17) is 13.3 Å². The Bertz CT molecular complexity index is 340. The van der Waals surface area contributed by atoms with Crippen LogP contribution >= 0.6 is 15.9 Å². The van der Waals surface area contributed by atoms with Crippen molar-refractivity contribution in [2.75, 3.05) is 25.2 Å². The smallest absolute Gasteiger partial charge is 0.370 e. The molecular formula is C15H25BrO3Si. The lowest BCUT2D eigenvalue weighted by molar-refractivity contribution is 0.0734. The fourth-order valence-electron chi connectivity index (χ4n) is 1.75. The number of alkyl halides is 1. The summed E-state index contributed by atoms with van der Waals surface area (Å²) in [7, 11) is -2.77. The molecule has 0 saturated carbocycles. The van der Waals surface area contributed by atoms with E-state index in [1.165, 1.54) is 0 Å². The Balaban J connectivity index is 2.90. The van der Waals surface area contributed by atoms with Gasteiger partial charge in [-0.2, -0.15) is 0 Å². The van der Waals surface area contributed by atoms with Gasteiger partial charge in [-0.3, -0.25) is 0 Å². The maximum Gasteiger partial charge on any atom is 0.537 e. The Morgan fingerprint density at radius 1 is 0.900 bits per heavy atom. The van der Waals surface area contributed by atoms with Gasteiger partial charge in [0.2, 0.25) is 0 Å². The van der Waals surface area contributed by atoms with Crippen molar-refractivity contribution in [2.45, 2.75) is 33.1 Å². The van der Waals surface area contributed by atoms with E-state index < -0.39 is 8.80 Å². The van der Waals surface area contributed by atoms with Gasteiger partial charge in [0.1, 0.15) is 0 Å². The molecule has 5 heteroatoms. The molecule has 1 aromatic rings. The number of halogens is 1. The predicted molar refractivity (Wildman–Crippen MR) is 88.7 cm³/mol. The monoisotopic (exact) mass is 360 g/mol. The van der Waals surface area contributed by atoms with E-state index in [0.29, 0.717) is 19.8 Å². The van der Waals surface area contributed by atoms with Gasteiger partial charge < -0.3 is 13.3 Å². The molecule has 1 rings (SSSR count). The molecule has 114 valence electrons. The van der Waals surface area contributed by atoms with Crippen LogP contribution in [0.1, 0.15) is 33.1 Å². The molecule has 0 amide bonds. The van der Waals surface area contributed by atoms with Crippen LogP contribution in [0.25, 0.3) is 0 Å². The van der Waals surface area contributed by atoms with Gasteiger partial charge >= 0.3 is 8.80 Å². The average molecular weight is 361 g/mol. The van der Waals surface area contributed by atoms with Crippen molar-refractivity contribution in [2.24, 2.45) is 0 Å². The molecule has 0 radical (unpaired) electrons. The minimum atomic E-state index is -2.77. The minimum Gasteiger partial charge on any atom is -0.370 e. The summed E-state index contributed by atoms with van der Waals surface area (Å²) in [5.74, 6) is 0. The van der Waals surface area contributed by atoms with Gasteiger partial charge in [-0.25, -0.2) is 0 Å². The van der Waals surface area contributed by atoms with Gasteiger partial charge in [-0.15, -0.1) is 0 Å². The third kappa shape index (κ3) is 5.66. The highest BCUT2D eigenvalue weighted by atomic mass is 79.9. The zero-order valence-corrected chi connectivity index (χ0v) is 15.0. The molecule has 0 atom stereocenters. The molecule has 3 nitrogen and oxygen atoms in total. The topological polar surface area (TPSA) is 27.7 Å². The van der Waals surface area contributed by atoms with Crippen LogP contribution in [-0.2, 0) is 13.3 Å². The Kier molecular flexibility index (Phi) is 9.38. The summed E-state index contributed by atoms with van der Waals surface area (Å²) in [5.41, 5.74) is 0. The van der Waals surface area contributed by atoms with Crippen molar-refractivity contribution in [1.29, 1.82) is 0 Å². The Labute approximate surface area is 132 Å². The third-order valence-corrected chi connectivity index (χ3v) is 6.04. The summed E-state index contributed by atoms with van der Waals surface area (Å²) < 4.78 is 18.3. The fourth-order valence-corrected chi connectivity index (χ4v) is 4.69. The molecule has 0 spiro atoms. The molecule has 0 saturated heterocycles. The highest BCUT2D eigenvalue weighted by Gasteiger charge is 2.43. The first-order valence-corrected chi connectivity index (χ1v) is 10.2. The second kappa shape index (κ2) is 10.5. The van der Waals surface area contributed by atoms with Crippen LogP contribution in [0.15, 0.2) is 30.3 Å². The van der Waals surface area contributed by atoms with Crippen molar-refractivity contribution in [3.8, 4) is 0 Å². The largest absolute Gasteiger partial charge is 0.537 e. The summed E-state index contributed by atoms with van der Waals surface area (Å²) in [4.78, 5) is 0. The molecule has 0 N–H and O–H groups in total. The van der Waals surface area contributed by atoms with Gasteiger partial charge in [0, 0.05) is 30.3 Å². The second-order valence-corrected chi connectivity index (χ2v) is 7.86. The lowest BCUT2D eigenvalue weighted by Crippen LogP contribution is -2.57. The van der Waals surface area contributed by atoms with E-state index in [1.54, 1.807) is 0 Å². The summed E-state index contributed by atoms with van der Waals surface area (Å²) in [6.45, 7) is 6.18. The van der Waals surface area contributed by atoms with Crippen LogP contribution in [0, 0.1) is 0 Å². The lowest BCUT2D eigenvalue weighted by atomic mass is 10.4. The summed E-state index contributed by atoms with van der Waals surface area (Å²) in [5, 5.41) is 1.98. The normalized spacial score (nSPS) is 11.8. The SMILES string of the molecule is CCCO[Si](OCCC)(OCCCBr)c1ccccc1. The van der Waals surface area contributed by atoms with Crippen molar-refractivity contribution >= 4 is 29.9 Å². The van der Waals surface area contributed by atoms with Crippen molar-refractivity contribution < 1.29 is 13.3 Å². The Morgan fingerprint density at radius 2 is 1.45 bits per heavy atom. The van der Waals surface area contributed by atoms with Crippen LogP contribution in [0.4, 0.5) is 0 Å².